The quantitative estimate of drug-likeness (QED) is 0.265. The SMILES string of the molecule is CCC1(CNc2nc(C)c(-c3nc4cnccc4s3)c(N[C@@H]3C[C@H](CO)[C@@H](O)[C@H]3O)n2)CCNCC1. The Bertz CT molecular complexity index is 1170. The number of pyridine rings is 1. The Hall–Kier alpha value is -2.44. The third kappa shape index (κ3) is 4.90. The number of aliphatic hydroxyl groups is 3. The fraction of sp³-hybridized carbons (Fsp3) is 0.600. The summed E-state index contributed by atoms with van der Waals surface area (Å²) in [5.74, 6) is 0.696. The highest BCUT2D eigenvalue weighted by Crippen LogP contribution is 2.38. The van der Waals surface area contributed by atoms with Crippen LogP contribution in [0, 0.1) is 18.3 Å². The molecular formula is C25H35N7O3S. The van der Waals surface area contributed by atoms with Gasteiger partial charge in [0.1, 0.15) is 22.4 Å². The Morgan fingerprint density at radius 3 is 2.67 bits per heavy atom. The van der Waals surface area contributed by atoms with Crippen LogP contribution in [0.15, 0.2) is 18.5 Å². The number of aliphatic hydroxyl groups excluding tert-OH is 3. The van der Waals surface area contributed by atoms with Gasteiger partial charge in [-0.05, 0) is 57.2 Å². The van der Waals surface area contributed by atoms with Crippen molar-refractivity contribution >= 4 is 33.3 Å². The summed E-state index contributed by atoms with van der Waals surface area (Å²) in [6, 6.07) is 1.47. The lowest BCUT2D eigenvalue weighted by Crippen LogP contribution is -2.41. The zero-order valence-corrected chi connectivity index (χ0v) is 21.6. The van der Waals surface area contributed by atoms with E-state index in [4.69, 9.17) is 15.0 Å². The Morgan fingerprint density at radius 1 is 1.17 bits per heavy atom. The van der Waals surface area contributed by atoms with Gasteiger partial charge in [-0.25, -0.2) is 9.97 Å². The van der Waals surface area contributed by atoms with Crippen molar-refractivity contribution in [2.75, 3.05) is 36.9 Å². The van der Waals surface area contributed by atoms with E-state index in [0.29, 0.717) is 18.2 Å². The maximum Gasteiger partial charge on any atom is 0.224 e. The van der Waals surface area contributed by atoms with Gasteiger partial charge in [-0.15, -0.1) is 11.3 Å². The largest absolute Gasteiger partial charge is 0.396 e. The number of aryl methyl sites for hydroxylation is 1. The first-order chi connectivity index (χ1) is 17.4. The molecule has 0 amide bonds. The zero-order valence-electron chi connectivity index (χ0n) is 20.7. The van der Waals surface area contributed by atoms with E-state index >= 15 is 0 Å². The van der Waals surface area contributed by atoms with Gasteiger partial charge < -0.3 is 31.3 Å². The summed E-state index contributed by atoms with van der Waals surface area (Å²) in [7, 11) is 0. The highest BCUT2D eigenvalue weighted by molar-refractivity contribution is 7.21. The molecule has 0 aromatic carbocycles. The molecule has 4 heterocycles. The number of rotatable bonds is 8. The topological polar surface area (TPSA) is 148 Å². The molecule has 2 fully saturated rings. The van der Waals surface area contributed by atoms with Crippen molar-refractivity contribution in [3.8, 4) is 10.6 Å². The maximum atomic E-state index is 10.7. The summed E-state index contributed by atoms with van der Waals surface area (Å²) < 4.78 is 1.01. The number of fused-ring (bicyclic) bond motifs is 1. The van der Waals surface area contributed by atoms with Crippen LogP contribution in [-0.2, 0) is 0 Å². The lowest BCUT2D eigenvalue weighted by atomic mass is 9.76. The lowest BCUT2D eigenvalue weighted by Gasteiger charge is -2.37. The fourth-order valence-corrected chi connectivity index (χ4v) is 6.43. The minimum atomic E-state index is -1.01. The number of nitrogens with one attached hydrogen (secondary N) is 3. The lowest BCUT2D eigenvalue weighted by molar-refractivity contribution is 0.00446. The van der Waals surface area contributed by atoms with Gasteiger partial charge >= 0.3 is 0 Å². The van der Waals surface area contributed by atoms with E-state index in [2.05, 4.69) is 27.9 Å². The first-order valence-corrected chi connectivity index (χ1v) is 13.5. The van der Waals surface area contributed by atoms with Gasteiger partial charge in [0, 0.05) is 25.3 Å². The second-order valence-corrected chi connectivity index (χ2v) is 11.1. The molecule has 36 heavy (non-hydrogen) atoms. The van der Waals surface area contributed by atoms with Gasteiger partial charge in [0.05, 0.1) is 34.3 Å². The summed E-state index contributed by atoms with van der Waals surface area (Å²) in [5, 5.41) is 41.7. The van der Waals surface area contributed by atoms with Gasteiger partial charge in [0.25, 0.3) is 0 Å². The van der Waals surface area contributed by atoms with Crippen molar-refractivity contribution in [2.45, 2.75) is 57.8 Å². The van der Waals surface area contributed by atoms with E-state index in [1.807, 2.05) is 13.0 Å². The summed E-state index contributed by atoms with van der Waals surface area (Å²) in [4.78, 5) is 18.6. The second-order valence-electron chi connectivity index (χ2n) is 10.1. The van der Waals surface area contributed by atoms with Crippen molar-refractivity contribution < 1.29 is 15.3 Å². The predicted octanol–water partition coefficient (Wildman–Crippen LogP) is 2.16. The molecule has 1 saturated heterocycles. The first-order valence-electron chi connectivity index (χ1n) is 12.7. The molecule has 194 valence electrons. The van der Waals surface area contributed by atoms with E-state index in [1.165, 1.54) is 11.3 Å². The molecule has 5 rings (SSSR count). The van der Waals surface area contributed by atoms with Gasteiger partial charge in [0.15, 0.2) is 0 Å². The summed E-state index contributed by atoms with van der Waals surface area (Å²) >= 11 is 1.54. The number of hydrogen-bond acceptors (Lipinski definition) is 11. The molecule has 6 N–H and O–H groups in total. The van der Waals surface area contributed by atoms with Crippen molar-refractivity contribution in [1.29, 1.82) is 0 Å². The highest BCUT2D eigenvalue weighted by atomic mass is 32.1. The van der Waals surface area contributed by atoms with E-state index < -0.39 is 18.2 Å². The Morgan fingerprint density at radius 2 is 1.97 bits per heavy atom. The maximum absolute atomic E-state index is 10.7. The standard InChI is InChI=1S/C25H35N7O3S/c1-3-25(5-8-26-9-6-25)13-28-24-29-14(2)19(23-31-17-11-27-7-4-18(17)36-23)22(32-24)30-16-10-15(12-33)20(34)21(16)35/h4,7,11,15-16,20-21,26,33-35H,3,5-6,8-10,12-13H2,1-2H3,(H2,28,29,30,32)/t15-,16-,20-,21+/m1/s1. The number of thiazole rings is 1. The Balaban J connectivity index is 1.49. The van der Waals surface area contributed by atoms with Crippen molar-refractivity contribution in [3.63, 3.8) is 0 Å². The monoisotopic (exact) mass is 513 g/mol. The normalized spacial score (nSPS) is 25.8. The number of nitrogens with zero attached hydrogens (tertiary/aromatic N) is 4. The highest BCUT2D eigenvalue weighted by Gasteiger charge is 2.41. The number of piperidine rings is 1. The molecule has 10 nitrogen and oxygen atoms in total. The Labute approximate surface area is 214 Å². The fourth-order valence-electron chi connectivity index (χ4n) is 5.40. The number of aromatic nitrogens is 4. The van der Waals surface area contributed by atoms with E-state index in [1.54, 1.807) is 12.4 Å². The molecule has 0 spiro atoms. The van der Waals surface area contributed by atoms with Crippen LogP contribution >= 0.6 is 11.3 Å². The second kappa shape index (κ2) is 10.5. The molecule has 4 atom stereocenters. The van der Waals surface area contributed by atoms with Crippen LogP contribution in [0.3, 0.4) is 0 Å². The third-order valence-corrected chi connectivity index (χ3v) is 8.94. The van der Waals surface area contributed by atoms with Crippen molar-refractivity contribution in [1.82, 2.24) is 25.3 Å². The van der Waals surface area contributed by atoms with Gasteiger partial charge in [0.2, 0.25) is 5.95 Å². The van der Waals surface area contributed by atoms with Crippen LogP contribution in [0.4, 0.5) is 11.8 Å². The minimum Gasteiger partial charge on any atom is -0.396 e. The summed E-state index contributed by atoms with van der Waals surface area (Å²) in [6.45, 7) is 6.81. The van der Waals surface area contributed by atoms with Crippen molar-refractivity contribution in [2.24, 2.45) is 11.3 Å². The van der Waals surface area contributed by atoms with Gasteiger partial charge in [-0.1, -0.05) is 6.92 Å². The summed E-state index contributed by atoms with van der Waals surface area (Å²) in [5.41, 5.74) is 2.54. The number of hydrogen-bond donors (Lipinski definition) is 6. The molecule has 11 heteroatoms. The molecule has 0 radical (unpaired) electrons. The first kappa shape index (κ1) is 25.2. The molecule has 2 aliphatic rings. The minimum absolute atomic E-state index is 0.183. The van der Waals surface area contributed by atoms with Gasteiger partial charge in [-0.2, -0.15) is 4.98 Å². The molecule has 3 aromatic rings. The van der Waals surface area contributed by atoms with E-state index in [0.717, 1.165) is 65.4 Å². The Kier molecular flexibility index (Phi) is 7.36. The smallest absolute Gasteiger partial charge is 0.224 e. The van der Waals surface area contributed by atoms with E-state index in [-0.39, 0.29) is 17.9 Å². The van der Waals surface area contributed by atoms with Crippen LogP contribution < -0.4 is 16.0 Å². The zero-order chi connectivity index (χ0) is 25.3. The van der Waals surface area contributed by atoms with Crippen molar-refractivity contribution in [3.05, 3.63) is 24.2 Å². The third-order valence-electron chi connectivity index (χ3n) is 7.89. The molecule has 1 saturated carbocycles. The molecule has 1 aliphatic carbocycles. The molecular weight excluding hydrogens is 478 g/mol. The van der Waals surface area contributed by atoms with Crippen LogP contribution in [0.5, 0.6) is 0 Å². The average Bonchev–Trinajstić information content (AvgIpc) is 3.44. The van der Waals surface area contributed by atoms with Crippen LogP contribution in [-0.4, -0.2) is 79.7 Å². The predicted molar refractivity (Wildman–Crippen MR) is 141 cm³/mol. The number of anilines is 2. The molecule has 0 bridgehead atoms. The average molecular weight is 514 g/mol. The molecule has 1 aliphatic heterocycles. The van der Waals surface area contributed by atoms with E-state index in [9.17, 15) is 15.3 Å². The van der Waals surface area contributed by atoms with Gasteiger partial charge in [-0.3, -0.25) is 4.98 Å². The van der Waals surface area contributed by atoms with Crippen LogP contribution in [0.25, 0.3) is 20.8 Å². The van der Waals surface area contributed by atoms with Crippen LogP contribution in [0.1, 0.15) is 38.3 Å². The molecule has 3 aromatic heterocycles. The summed E-state index contributed by atoms with van der Waals surface area (Å²) in [6.07, 6.45) is 5.20. The molecule has 0 unspecified atom stereocenters. The van der Waals surface area contributed by atoms with Crippen LogP contribution in [0.2, 0.25) is 0 Å².